The van der Waals surface area contributed by atoms with E-state index in [1.165, 1.54) is 22.9 Å². The van der Waals surface area contributed by atoms with Crippen LogP contribution >= 0.6 is 11.8 Å². The molecule has 29 heavy (non-hydrogen) atoms. The first kappa shape index (κ1) is 23.7. The van der Waals surface area contributed by atoms with E-state index in [-0.39, 0.29) is 28.2 Å². The van der Waals surface area contributed by atoms with Gasteiger partial charge in [0.2, 0.25) is 0 Å². The van der Waals surface area contributed by atoms with Gasteiger partial charge < -0.3 is 5.11 Å². The average Bonchev–Trinajstić information content (AvgIpc) is 2.61. The number of aliphatic hydroxyl groups excluding tert-OH is 1. The van der Waals surface area contributed by atoms with Crippen LogP contribution in [0.3, 0.4) is 0 Å². The van der Waals surface area contributed by atoms with Crippen molar-refractivity contribution >= 4 is 16.9 Å². The second kappa shape index (κ2) is 11.0. The zero-order valence-corrected chi connectivity index (χ0v) is 19.2. The topological polar surface area (TPSA) is 40.5 Å². The Balaban J connectivity index is 2.23. The molecule has 2 atom stereocenters. The second-order valence-electron chi connectivity index (χ2n) is 8.97. The Labute approximate surface area is 180 Å². The molecule has 0 saturated carbocycles. The van der Waals surface area contributed by atoms with E-state index in [1.807, 2.05) is 57.2 Å². The molecule has 0 aliphatic heterocycles. The van der Waals surface area contributed by atoms with Crippen molar-refractivity contribution in [3.63, 3.8) is 0 Å². The van der Waals surface area contributed by atoms with E-state index in [0.29, 0.717) is 0 Å². The zero-order valence-electron chi connectivity index (χ0n) is 18.3. The van der Waals surface area contributed by atoms with E-state index in [1.54, 1.807) is 0 Å². The average molecular weight is 414 g/mol. The molecular formula is C25H35NO2S. The molecule has 0 aliphatic rings. The van der Waals surface area contributed by atoms with E-state index < -0.39 is 6.10 Å². The van der Waals surface area contributed by atoms with Gasteiger partial charge >= 0.3 is 0 Å². The first-order chi connectivity index (χ1) is 13.7. The predicted octanol–water partition coefficient (Wildman–Crippen LogP) is 5.52. The number of benzene rings is 2. The highest BCUT2D eigenvalue weighted by Crippen LogP contribution is 2.28. The van der Waals surface area contributed by atoms with Crippen molar-refractivity contribution in [2.24, 2.45) is 5.92 Å². The minimum Gasteiger partial charge on any atom is -0.391 e. The van der Waals surface area contributed by atoms with Crippen molar-refractivity contribution in [2.45, 2.75) is 71.0 Å². The van der Waals surface area contributed by atoms with Crippen LogP contribution in [0.2, 0.25) is 0 Å². The molecule has 2 aromatic rings. The van der Waals surface area contributed by atoms with Gasteiger partial charge in [0.05, 0.1) is 6.10 Å². The third-order valence-electron chi connectivity index (χ3n) is 4.75. The molecule has 0 aliphatic carbocycles. The fraction of sp³-hybridized carbons (Fsp3) is 0.480. The molecule has 0 unspecified atom stereocenters. The first-order valence-electron chi connectivity index (χ1n) is 10.4. The molecule has 4 heteroatoms. The molecule has 0 spiro atoms. The molecule has 0 amide bonds. The van der Waals surface area contributed by atoms with E-state index in [9.17, 15) is 9.90 Å². The van der Waals surface area contributed by atoms with Gasteiger partial charge in [-0.3, -0.25) is 9.69 Å². The predicted molar refractivity (Wildman–Crippen MR) is 124 cm³/mol. The fourth-order valence-electron chi connectivity index (χ4n) is 3.69. The normalized spacial score (nSPS) is 14.2. The highest BCUT2D eigenvalue weighted by Gasteiger charge is 2.31. The molecule has 0 heterocycles. The van der Waals surface area contributed by atoms with Crippen molar-refractivity contribution in [2.75, 3.05) is 0 Å². The van der Waals surface area contributed by atoms with E-state index >= 15 is 0 Å². The van der Waals surface area contributed by atoms with Crippen molar-refractivity contribution in [3.8, 4) is 0 Å². The third kappa shape index (κ3) is 8.33. The van der Waals surface area contributed by atoms with Gasteiger partial charge in [-0.1, -0.05) is 107 Å². The summed E-state index contributed by atoms with van der Waals surface area (Å²) in [5, 5.41) is 11.1. The Kier molecular flexibility index (Phi) is 8.94. The van der Waals surface area contributed by atoms with Crippen LogP contribution in [0.5, 0.6) is 0 Å². The monoisotopic (exact) mass is 413 g/mol. The Morgan fingerprint density at radius 3 is 1.76 bits per heavy atom. The van der Waals surface area contributed by atoms with Crippen molar-refractivity contribution in [1.82, 2.24) is 4.90 Å². The summed E-state index contributed by atoms with van der Waals surface area (Å²) in [4.78, 5) is 14.8. The smallest absolute Gasteiger partial charge is 0.192 e. The molecule has 0 saturated heterocycles. The van der Waals surface area contributed by atoms with Gasteiger partial charge in [0.1, 0.15) is 0 Å². The Morgan fingerprint density at radius 1 is 0.931 bits per heavy atom. The van der Waals surface area contributed by atoms with Gasteiger partial charge in [0, 0.05) is 30.3 Å². The maximum Gasteiger partial charge on any atom is 0.192 e. The van der Waals surface area contributed by atoms with Crippen LogP contribution in [0.25, 0.3) is 0 Å². The maximum absolute atomic E-state index is 12.5. The Bertz CT molecular complexity index is 699. The van der Waals surface area contributed by atoms with Gasteiger partial charge in [-0.2, -0.15) is 0 Å². The lowest BCUT2D eigenvalue weighted by molar-refractivity contribution is -0.114. The van der Waals surface area contributed by atoms with Gasteiger partial charge in [-0.25, -0.2) is 0 Å². The van der Waals surface area contributed by atoms with Crippen LogP contribution in [0.4, 0.5) is 0 Å². The minimum atomic E-state index is -0.704. The number of hydrogen-bond acceptors (Lipinski definition) is 4. The van der Waals surface area contributed by atoms with Gasteiger partial charge in [0.25, 0.3) is 0 Å². The van der Waals surface area contributed by atoms with E-state index in [0.717, 1.165) is 13.1 Å². The number of hydrogen-bond donors (Lipinski definition) is 1. The van der Waals surface area contributed by atoms with Gasteiger partial charge in [-0.05, 0) is 17.0 Å². The summed E-state index contributed by atoms with van der Waals surface area (Å²) >= 11 is 1.32. The van der Waals surface area contributed by atoms with Crippen molar-refractivity contribution < 1.29 is 9.90 Å². The van der Waals surface area contributed by atoms with Gasteiger partial charge in [-0.15, -0.1) is 0 Å². The Hall–Kier alpha value is -1.62. The first-order valence-corrected chi connectivity index (χ1v) is 11.2. The Morgan fingerprint density at radius 2 is 1.38 bits per heavy atom. The highest BCUT2D eigenvalue weighted by molar-refractivity contribution is 8.14. The lowest BCUT2D eigenvalue weighted by Gasteiger charge is -2.38. The van der Waals surface area contributed by atoms with Crippen LogP contribution in [0.15, 0.2) is 60.7 Å². The molecule has 0 bridgehead atoms. The number of aliphatic hydroxyl groups is 1. The number of thioether (sulfide) groups is 1. The van der Waals surface area contributed by atoms with E-state index in [4.69, 9.17) is 0 Å². The molecule has 1 N–H and O–H groups in total. The number of carbonyl (C=O) groups excluding carboxylic acids is 1. The summed E-state index contributed by atoms with van der Waals surface area (Å²) in [6.07, 6.45) is -0.532. The molecule has 2 aromatic carbocycles. The van der Waals surface area contributed by atoms with E-state index in [2.05, 4.69) is 43.0 Å². The largest absolute Gasteiger partial charge is 0.391 e. The summed E-state index contributed by atoms with van der Waals surface area (Å²) < 4.78 is -0.141. The molecule has 158 valence electrons. The second-order valence-corrected chi connectivity index (χ2v) is 10.9. The number of nitrogens with zero attached hydrogens (tertiary/aromatic N) is 1. The van der Waals surface area contributed by atoms with Crippen molar-refractivity contribution in [1.29, 1.82) is 0 Å². The highest BCUT2D eigenvalue weighted by atomic mass is 32.2. The fourth-order valence-corrected chi connectivity index (χ4v) is 4.62. The van der Waals surface area contributed by atoms with Crippen LogP contribution in [-0.4, -0.2) is 32.0 Å². The molecule has 3 nitrogen and oxygen atoms in total. The SMILES string of the molecule is CC(C)[C@H]([C@H](O)CC(=O)SC(C)(C)C)N(Cc1ccccc1)Cc1ccccc1. The standard InChI is InChI=1S/C25H35NO2S/c1-19(2)24(22(27)16-23(28)29-25(3,4)5)26(17-20-12-8-6-9-13-20)18-21-14-10-7-11-15-21/h6-15,19,22,24,27H,16-18H2,1-5H3/t22-,24-/m1/s1. The molecule has 2 rings (SSSR count). The number of carbonyl (C=O) groups is 1. The number of rotatable bonds is 9. The summed E-state index contributed by atoms with van der Waals surface area (Å²) in [6, 6.07) is 20.5. The van der Waals surface area contributed by atoms with Crippen LogP contribution in [0, 0.1) is 5.92 Å². The molecular weight excluding hydrogens is 378 g/mol. The third-order valence-corrected chi connectivity index (χ3v) is 5.76. The summed E-state index contributed by atoms with van der Waals surface area (Å²) in [5.41, 5.74) is 2.41. The van der Waals surface area contributed by atoms with Gasteiger partial charge in [0.15, 0.2) is 5.12 Å². The van der Waals surface area contributed by atoms with Crippen LogP contribution in [0.1, 0.15) is 52.2 Å². The minimum absolute atomic E-state index is 0.0509. The lowest BCUT2D eigenvalue weighted by atomic mass is 9.93. The van der Waals surface area contributed by atoms with Crippen molar-refractivity contribution in [3.05, 3.63) is 71.8 Å². The molecule has 0 fully saturated rings. The maximum atomic E-state index is 12.5. The summed E-state index contributed by atoms with van der Waals surface area (Å²) in [6.45, 7) is 11.8. The van der Waals surface area contributed by atoms with Crippen LogP contribution < -0.4 is 0 Å². The zero-order chi connectivity index (χ0) is 21.4. The van der Waals surface area contributed by atoms with Crippen LogP contribution in [-0.2, 0) is 17.9 Å². The summed E-state index contributed by atoms with van der Waals surface area (Å²) in [5.74, 6) is 0.213. The molecule has 0 radical (unpaired) electrons. The summed E-state index contributed by atoms with van der Waals surface area (Å²) in [7, 11) is 0. The quantitative estimate of drug-likeness (QED) is 0.587. The lowest BCUT2D eigenvalue weighted by Crippen LogP contribution is -2.47. The molecule has 0 aromatic heterocycles.